The Bertz CT molecular complexity index is 1430. The standard InChI is InChI=1S/C27H24N4O2S2/c1-35(33,27-9-5-15-34-27)31-24(25(32)18-28)17-20-10-12-22(13-11-20)23-7-4-6-21(16-23)19-30-26-8-2-3-14-29-26/h2-16,24H,1,17,19H2,(H,29,30)(H,31,33). The van der Waals surface area contributed by atoms with Crippen molar-refractivity contribution in [3.05, 3.63) is 102 Å². The summed E-state index contributed by atoms with van der Waals surface area (Å²) in [7, 11) is -2.89. The summed E-state index contributed by atoms with van der Waals surface area (Å²) in [5.41, 5.74) is 4.08. The van der Waals surface area contributed by atoms with E-state index in [0.29, 0.717) is 10.8 Å². The van der Waals surface area contributed by atoms with E-state index in [0.717, 1.165) is 28.1 Å². The van der Waals surface area contributed by atoms with Crippen LogP contribution in [0.4, 0.5) is 5.82 Å². The average molecular weight is 501 g/mol. The molecule has 4 rings (SSSR count). The van der Waals surface area contributed by atoms with Crippen LogP contribution in [0.15, 0.2) is 94.6 Å². The van der Waals surface area contributed by atoms with E-state index < -0.39 is 21.5 Å². The van der Waals surface area contributed by atoms with E-state index in [9.17, 15) is 14.3 Å². The van der Waals surface area contributed by atoms with E-state index >= 15 is 0 Å². The summed E-state index contributed by atoms with van der Waals surface area (Å²) >= 11 is 1.30. The Labute approximate surface area is 209 Å². The fraction of sp³-hybridized carbons (Fsp3) is 0.111. The van der Waals surface area contributed by atoms with E-state index in [2.05, 4.69) is 33.0 Å². The Kier molecular flexibility index (Phi) is 7.73. The molecule has 2 heterocycles. The summed E-state index contributed by atoms with van der Waals surface area (Å²) in [6.07, 6.45) is 1.99. The maximum atomic E-state index is 13.0. The van der Waals surface area contributed by atoms with Crippen LogP contribution in [0.3, 0.4) is 0 Å². The number of hydrogen-bond acceptors (Lipinski definition) is 6. The number of rotatable bonds is 10. The lowest BCUT2D eigenvalue weighted by Gasteiger charge is -2.17. The Hall–Kier alpha value is -3.77. The highest BCUT2D eigenvalue weighted by atomic mass is 32.2. The van der Waals surface area contributed by atoms with E-state index in [-0.39, 0.29) is 6.42 Å². The quantitative estimate of drug-likeness (QED) is 0.243. The predicted molar refractivity (Wildman–Crippen MR) is 143 cm³/mol. The molecule has 0 aliphatic rings. The number of hydrogen-bond donors (Lipinski definition) is 2. The molecule has 2 atom stereocenters. The minimum Gasteiger partial charge on any atom is -0.366 e. The summed E-state index contributed by atoms with van der Waals surface area (Å²) in [4.78, 5) is 16.6. The van der Waals surface area contributed by atoms with Crippen LogP contribution in [0.5, 0.6) is 0 Å². The van der Waals surface area contributed by atoms with Crippen LogP contribution in [0, 0.1) is 11.3 Å². The van der Waals surface area contributed by atoms with Crippen molar-refractivity contribution in [2.24, 2.45) is 0 Å². The van der Waals surface area contributed by atoms with Gasteiger partial charge in [-0.3, -0.25) is 4.79 Å². The minimum atomic E-state index is -2.89. The molecule has 0 radical (unpaired) electrons. The third-order valence-electron chi connectivity index (χ3n) is 5.37. The maximum absolute atomic E-state index is 13.0. The number of aromatic nitrogens is 1. The Morgan fingerprint density at radius 1 is 1.03 bits per heavy atom. The maximum Gasteiger partial charge on any atom is 0.249 e. The first-order valence-corrected chi connectivity index (χ1v) is 13.5. The van der Waals surface area contributed by atoms with Gasteiger partial charge in [-0.1, -0.05) is 54.6 Å². The average Bonchev–Trinajstić information content (AvgIpc) is 3.44. The largest absolute Gasteiger partial charge is 0.366 e. The number of pyridine rings is 1. The van der Waals surface area contributed by atoms with E-state index in [1.807, 2.05) is 54.6 Å². The van der Waals surface area contributed by atoms with E-state index in [4.69, 9.17) is 0 Å². The molecule has 0 spiro atoms. The van der Waals surface area contributed by atoms with E-state index in [1.165, 1.54) is 11.3 Å². The van der Waals surface area contributed by atoms with Crippen LogP contribution in [-0.4, -0.2) is 26.9 Å². The number of carbonyl (C=O) groups is 1. The molecular weight excluding hydrogens is 476 g/mol. The van der Waals surface area contributed by atoms with Crippen LogP contribution in [0.1, 0.15) is 11.1 Å². The molecular formula is C27H24N4O2S2. The van der Waals surface area contributed by atoms with Gasteiger partial charge in [-0.2, -0.15) is 5.26 Å². The summed E-state index contributed by atoms with van der Waals surface area (Å²) in [5, 5.41) is 14.3. The second-order valence-corrected chi connectivity index (χ2v) is 11.2. The first-order valence-electron chi connectivity index (χ1n) is 10.9. The molecule has 35 heavy (non-hydrogen) atoms. The summed E-state index contributed by atoms with van der Waals surface area (Å²) in [6.45, 7) is 0.654. The highest BCUT2D eigenvalue weighted by molar-refractivity contribution is 8.00. The molecule has 0 fully saturated rings. The van der Waals surface area contributed by atoms with Crippen LogP contribution in [0.25, 0.3) is 11.1 Å². The zero-order valence-corrected chi connectivity index (χ0v) is 20.5. The predicted octanol–water partition coefficient (Wildman–Crippen LogP) is 4.71. The summed E-state index contributed by atoms with van der Waals surface area (Å²) in [6, 6.07) is 26.0. The van der Waals surface area contributed by atoms with Crippen molar-refractivity contribution in [1.29, 1.82) is 5.26 Å². The minimum absolute atomic E-state index is 0.235. The second kappa shape index (κ2) is 11.1. The molecule has 2 N–H and O–H groups in total. The monoisotopic (exact) mass is 500 g/mol. The van der Waals surface area contributed by atoms with Gasteiger partial charge >= 0.3 is 0 Å². The first-order chi connectivity index (χ1) is 16.9. The van der Waals surface area contributed by atoms with E-state index in [1.54, 1.807) is 29.8 Å². The van der Waals surface area contributed by atoms with Crippen molar-refractivity contribution in [3.8, 4) is 17.2 Å². The molecule has 2 unspecified atom stereocenters. The van der Waals surface area contributed by atoms with Crippen molar-refractivity contribution in [2.45, 2.75) is 23.2 Å². The zero-order valence-electron chi connectivity index (χ0n) is 18.9. The molecule has 0 aliphatic heterocycles. The van der Waals surface area contributed by atoms with Crippen molar-refractivity contribution < 1.29 is 9.00 Å². The van der Waals surface area contributed by atoms with Crippen molar-refractivity contribution in [1.82, 2.24) is 9.71 Å². The second-order valence-electron chi connectivity index (χ2n) is 7.92. The van der Waals surface area contributed by atoms with Gasteiger partial charge in [0.1, 0.15) is 11.9 Å². The lowest BCUT2D eigenvalue weighted by Crippen LogP contribution is -2.41. The normalized spacial score (nSPS) is 13.3. The van der Waals surface area contributed by atoms with Crippen LogP contribution < -0.4 is 10.0 Å². The molecule has 4 aromatic rings. The van der Waals surface area contributed by atoms with Crippen LogP contribution >= 0.6 is 11.3 Å². The van der Waals surface area contributed by atoms with Gasteiger partial charge in [-0.15, -0.1) is 11.3 Å². The number of nitriles is 1. The fourth-order valence-electron chi connectivity index (χ4n) is 3.59. The number of nitrogens with one attached hydrogen (secondary N) is 2. The molecule has 0 bridgehead atoms. The number of thiophene rings is 1. The highest BCUT2D eigenvalue weighted by Crippen LogP contribution is 2.23. The lowest BCUT2D eigenvalue weighted by atomic mass is 9.98. The summed E-state index contributed by atoms with van der Waals surface area (Å²) < 4.78 is 16.4. The molecule has 0 amide bonds. The third kappa shape index (κ3) is 6.43. The third-order valence-corrected chi connectivity index (χ3v) is 8.58. The SMILES string of the molecule is C=S(=O)(NC(Cc1ccc(-c2cccc(CNc3ccccn3)c2)cc1)C(=O)C#N)c1cccs1. The molecule has 0 saturated carbocycles. The Morgan fingerprint density at radius 2 is 1.86 bits per heavy atom. The smallest absolute Gasteiger partial charge is 0.249 e. The molecule has 0 aliphatic carbocycles. The molecule has 2 aromatic heterocycles. The number of carbonyl (C=O) groups excluding carboxylic acids is 1. The van der Waals surface area contributed by atoms with Crippen LogP contribution in [0.2, 0.25) is 0 Å². The number of anilines is 1. The van der Waals surface area contributed by atoms with Crippen molar-refractivity contribution in [2.75, 3.05) is 5.32 Å². The molecule has 0 saturated heterocycles. The lowest BCUT2D eigenvalue weighted by molar-refractivity contribution is -0.115. The van der Waals surface area contributed by atoms with Gasteiger partial charge in [0.25, 0.3) is 0 Å². The Balaban J connectivity index is 1.46. The number of nitrogens with zero attached hydrogens (tertiary/aromatic N) is 2. The van der Waals surface area contributed by atoms with Gasteiger partial charge in [-0.05, 0) is 64.2 Å². The number of benzene rings is 2. The van der Waals surface area contributed by atoms with Crippen molar-refractivity contribution in [3.63, 3.8) is 0 Å². The van der Waals surface area contributed by atoms with Gasteiger partial charge in [0.15, 0.2) is 0 Å². The zero-order chi connectivity index (χ0) is 24.7. The fourth-order valence-corrected chi connectivity index (χ4v) is 6.04. The molecule has 8 heteroatoms. The number of ketones is 1. The molecule has 176 valence electrons. The highest BCUT2D eigenvalue weighted by Gasteiger charge is 2.23. The molecule has 6 nitrogen and oxygen atoms in total. The topological polar surface area (TPSA) is 94.9 Å². The first kappa shape index (κ1) is 24.4. The van der Waals surface area contributed by atoms with Crippen molar-refractivity contribution >= 4 is 38.5 Å². The van der Waals surface area contributed by atoms with Gasteiger partial charge < -0.3 is 5.32 Å². The van der Waals surface area contributed by atoms with Crippen LogP contribution in [-0.2, 0) is 27.5 Å². The van der Waals surface area contributed by atoms with Gasteiger partial charge in [0.05, 0.1) is 20.0 Å². The van der Waals surface area contributed by atoms with Gasteiger partial charge in [0.2, 0.25) is 5.78 Å². The van der Waals surface area contributed by atoms with Gasteiger partial charge in [0, 0.05) is 12.7 Å². The Morgan fingerprint density at radius 3 is 2.54 bits per heavy atom. The number of Topliss-reactive ketones (excluding diaryl/α,β-unsaturated/α-hetero) is 1. The van der Waals surface area contributed by atoms with Gasteiger partial charge in [-0.25, -0.2) is 13.9 Å². The molecule has 2 aromatic carbocycles. The summed E-state index contributed by atoms with van der Waals surface area (Å²) in [5.74, 6) is 3.91.